The van der Waals surface area contributed by atoms with E-state index < -0.39 is 23.9 Å². The molecule has 8 N–H and O–H groups in total. The summed E-state index contributed by atoms with van der Waals surface area (Å²) in [5.41, 5.74) is 3.62. The Morgan fingerprint density at radius 3 is 1.03 bits per heavy atom. The third kappa shape index (κ3) is 23.3. The maximum Gasteiger partial charge on any atom is 0.330 e. The van der Waals surface area contributed by atoms with Crippen molar-refractivity contribution < 1.29 is 99.6 Å². The molecule has 47 nitrogen and oxygen atoms in total. The van der Waals surface area contributed by atoms with Gasteiger partial charge in [0.25, 0.3) is 0 Å². The molecule has 4 saturated heterocycles. The number of hydrogen-bond donors (Lipinski definition) is 8. The number of nitrogens with zero attached hydrogens (tertiary/aromatic N) is 19. The highest BCUT2D eigenvalue weighted by Crippen LogP contribution is 2.52. The molecule has 786 valence electrons. The van der Waals surface area contributed by atoms with Crippen LogP contribution in [0.5, 0.6) is 51.7 Å². The molecule has 53 heteroatoms. The highest BCUT2D eigenvalue weighted by atomic mass is 35.5. The lowest BCUT2D eigenvalue weighted by molar-refractivity contribution is -0.118. The number of nitrogens with one attached hydrogen (secondary N) is 8. The summed E-state index contributed by atoms with van der Waals surface area (Å²) >= 11 is 32.9. The molecule has 4 fully saturated rings. The predicted molar refractivity (Wildman–Crippen MR) is 553 cm³/mol. The van der Waals surface area contributed by atoms with Gasteiger partial charge in [0.05, 0.1) is 194 Å². The second-order valence-corrected chi connectivity index (χ2v) is 35.5. The Hall–Kier alpha value is -15.2. The summed E-state index contributed by atoms with van der Waals surface area (Å²) in [7, 11) is 18.4. The van der Waals surface area contributed by atoms with E-state index in [1.54, 1.807) is 73.6 Å². The monoisotopic (exact) mass is 2140 g/mol. The number of hydrogen-bond acceptors (Lipinski definition) is 34. The molecule has 0 bridgehead atoms. The summed E-state index contributed by atoms with van der Waals surface area (Å²) in [6.45, 7) is 22.0. The minimum absolute atomic E-state index is 0.0314. The topological polar surface area (TPSA) is 494 Å². The smallest absolute Gasteiger partial charge is 0.330 e. The number of benzene rings is 4. The van der Waals surface area contributed by atoms with Gasteiger partial charge in [-0.2, -0.15) is 25.0 Å². The number of carbonyl (C=O) groups excluding carboxylic acids is 8. The first-order chi connectivity index (χ1) is 71.1. The standard InChI is InChI=1S/C26H29Cl2N9O4.C24H28Cl2N6O5.C23H28N6O6.C22H24ClFN6O5/c1-6-20(38)30-15-12-36(19-7-8-34(2)33-19)13-16(15)31-25-29-10-14-11-37(26(39)35(3)24(14)32-25)23-21(27)17(40-4)9-18(41-5)22(23)28;1-5-18(33)28-14-11-35-12-15(14)29-23-27-9-13-10-32(24(34)31(4)22(13)30-23)21-19(25)16(36-6-2)8-17(20(21)26)37-7-3;1-6-19(30)25-15-11-35-12-16(15)26-22-24-9-13-10-29(23(31)28(2)21(13)27-22)14-7-17(32-3)20(34-5)18(8-14)33-4;1-5-16(31)26-12-9-35-10-13(12)27-21-25-7-11-8-30(22(32)29(2)20(11)28-21)19-17(23)14(33-3)6-15(34-4)18(19)24/h6-10,15-16H,1,11-13H2,2-5H3,(H,30,38)(H,29,31,32);5,8-9,14-15H,1,6-7,10-12H2,2-4H3,(H,28,33)(H,27,29,30);6-9,15-16H,1,10-12H2,2-5H3,(H,25,30)(H,24,26,27);5-7,12-13H,1,8-10H2,2-4H3,(H,26,31)(H,25,27,28). The zero-order valence-electron chi connectivity index (χ0n) is 82.9. The van der Waals surface area contributed by atoms with Crippen molar-refractivity contribution >= 4 is 181 Å². The van der Waals surface area contributed by atoms with Crippen molar-refractivity contribution in [3.8, 4) is 51.7 Å². The Morgan fingerprint density at radius 2 is 0.696 bits per heavy atom. The molecule has 8 atom stereocenters. The van der Waals surface area contributed by atoms with Crippen LogP contribution in [0.4, 0.5) is 99.2 Å². The minimum atomic E-state index is -0.795. The third-order valence-electron chi connectivity index (χ3n) is 24.5. The molecule has 12 amide bonds. The zero-order valence-corrected chi connectivity index (χ0v) is 86.7. The average molecular weight is 2150 g/mol. The van der Waals surface area contributed by atoms with Crippen LogP contribution in [0.1, 0.15) is 36.1 Å². The molecule has 17 rings (SSSR count). The molecule has 0 saturated carbocycles. The van der Waals surface area contributed by atoms with Crippen molar-refractivity contribution in [2.24, 2.45) is 7.05 Å². The van der Waals surface area contributed by atoms with E-state index in [2.05, 4.69) is 119 Å². The molecular weight excluding hydrogens is 2040 g/mol. The molecule has 8 unspecified atom stereocenters. The molecule has 13 heterocycles. The maximum absolute atomic E-state index is 15.2. The Morgan fingerprint density at radius 1 is 0.399 bits per heavy atom. The van der Waals surface area contributed by atoms with E-state index in [4.69, 9.17) is 115 Å². The third-order valence-corrected chi connectivity index (χ3v) is 26.3. The van der Waals surface area contributed by atoms with Gasteiger partial charge in [-0.1, -0.05) is 84.3 Å². The number of aryl methyl sites for hydroxylation is 1. The molecule has 8 aliphatic heterocycles. The second-order valence-electron chi connectivity index (χ2n) is 33.6. The van der Waals surface area contributed by atoms with Gasteiger partial charge in [-0.05, 0) is 38.2 Å². The van der Waals surface area contributed by atoms with E-state index in [1.807, 2.05) is 33.2 Å². The van der Waals surface area contributed by atoms with Gasteiger partial charge in [-0.15, -0.1) is 0 Å². The predicted octanol–water partition coefficient (Wildman–Crippen LogP) is 10.6. The van der Waals surface area contributed by atoms with Crippen molar-refractivity contribution in [3.63, 3.8) is 0 Å². The van der Waals surface area contributed by atoms with Gasteiger partial charge in [-0.3, -0.25) is 63.1 Å². The second kappa shape index (κ2) is 48.0. The Balaban J connectivity index is 0.000000156. The molecule has 0 radical (unpaired) electrons. The quantitative estimate of drug-likeness (QED) is 0.0182. The van der Waals surface area contributed by atoms with Crippen LogP contribution in [-0.4, -0.2) is 290 Å². The fourth-order valence-corrected chi connectivity index (χ4v) is 18.7. The Kier molecular flexibility index (Phi) is 35.2. The van der Waals surface area contributed by atoms with Gasteiger partial charge in [0.2, 0.25) is 53.2 Å². The fourth-order valence-electron chi connectivity index (χ4n) is 17.0. The van der Waals surface area contributed by atoms with Crippen LogP contribution in [0, 0.1) is 5.82 Å². The van der Waals surface area contributed by atoms with E-state index >= 15 is 4.39 Å². The average Bonchev–Trinajstić information content (AvgIpc) is 0.891. The maximum atomic E-state index is 15.2. The van der Waals surface area contributed by atoms with Gasteiger partial charge in [0.1, 0.15) is 82.8 Å². The lowest BCUT2D eigenvalue weighted by atomic mass is 10.1. The minimum Gasteiger partial charge on any atom is -0.495 e. The van der Waals surface area contributed by atoms with Crippen LogP contribution in [0.25, 0.3) is 0 Å². The highest BCUT2D eigenvalue weighted by Gasteiger charge is 2.44. The number of fused-ring (bicyclic) bond motifs is 4. The highest BCUT2D eigenvalue weighted by molar-refractivity contribution is 6.43. The molecule has 0 spiro atoms. The SMILES string of the molecule is C=CC(=O)NC1CN(c2ccn(C)n2)CC1Nc1ncc2c(n1)N(C)C(=O)N(c1c(Cl)c(OC)cc(OC)c1Cl)C2.C=CC(=O)NC1COCC1Nc1ncc2c(n1)N(C)C(=O)N(c1c(Cl)c(OCC)cc(OCC)c1Cl)C2.C=CC(=O)NC1COCC1Nc1ncc2c(n1)N(C)C(=O)N(c1c(F)c(OC)cc(OC)c1Cl)C2.C=CC(=O)NC1COCC1Nc1ncc2c(n1)N(C)C(=O)N(c1cc(OC)c(OC)c(OC)c1)C2. The number of anilines is 13. The number of rotatable bonds is 32. The van der Waals surface area contributed by atoms with Gasteiger partial charge >= 0.3 is 24.1 Å². The van der Waals surface area contributed by atoms with E-state index in [1.165, 1.54) is 128 Å². The molecule has 8 aliphatic rings. The number of carbonyl (C=O) groups is 8. The molecule has 4 aromatic carbocycles. The summed E-state index contributed by atoms with van der Waals surface area (Å²) in [6, 6.07) is 6.08. The van der Waals surface area contributed by atoms with E-state index in [0.29, 0.717) is 170 Å². The van der Waals surface area contributed by atoms with Crippen LogP contribution < -0.4 is 129 Å². The summed E-state index contributed by atoms with van der Waals surface area (Å²) in [5.74, 6) is 4.42. The number of halogens is 6. The lowest BCUT2D eigenvalue weighted by Gasteiger charge is -2.35. The Labute approximate surface area is 874 Å². The number of urea groups is 4. The van der Waals surface area contributed by atoms with Crippen molar-refractivity contribution in [2.75, 3.05) is 209 Å². The normalized spacial score (nSPS) is 18.9. The van der Waals surface area contributed by atoms with Crippen molar-refractivity contribution in [1.29, 1.82) is 0 Å². The van der Waals surface area contributed by atoms with Crippen LogP contribution in [-0.2, 0) is 66.6 Å². The van der Waals surface area contributed by atoms with Crippen LogP contribution in [0.15, 0.2) is 118 Å². The van der Waals surface area contributed by atoms with Gasteiger partial charge in [0.15, 0.2) is 28.9 Å². The van der Waals surface area contributed by atoms with E-state index in [0.717, 1.165) is 11.4 Å². The first-order valence-electron chi connectivity index (χ1n) is 45.8. The zero-order chi connectivity index (χ0) is 106. The van der Waals surface area contributed by atoms with Gasteiger partial charge in [-0.25, -0.2) is 43.5 Å². The summed E-state index contributed by atoms with van der Waals surface area (Å²) in [4.78, 5) is 150. The summed E-state index contributed by atoms with van der Waals surface area (Å²) < 4.78 is 81.9. The van der Waals surface area contributed by atoms with Crippen LogP contribution in [0.2, 0.25) is 25.1 Å². The molecular formula is C95H109Cl5FN27O20. The number of methoxy groups -OCH3 is 7. The largest absolute Gasteiger partial charge is 0.495 e. The first-order valence-corrected chi connectivity index (χ1v) is 47.7. The fraction of sp³-hybridized carbons (Fsp3) is 0.379. The Bertz CT molecular complexity index is 6470. The number of ether oxygens (including phenoxy) is 12. The first kappa shape index (κ1) is 109. The summed E-state index contributed by atoms with van der Waals surface area (Å²) in [5, 5.41) is 29.4. The number of amides is 12. The van der Waals surface area contributed by atoms with Crippen LogP contribution in [0.3, 0.4) is 0 Å². The van der Waals surface area contributed by atoms with Crippen LogP contribution >= 0.6 is 58.0 Å². The molecule has 9 aromatic rings. The van der Waals surface area contributed by atoms with Crippen molar-refractivity contribution in [2.45, 2.75) is 88.4 Å². The molecule has 0 aliphatic carbocycles. The van der Waals surface area contributed by atoms with Crippen molar-refractivity contribution in [3.05, 3.63) is 171 Å². The summed E-state index contributed by atoms with van der Waals surface area (Å²) in [6.07, 6.45) is 13.2. The molecule has 5 aromatic heterocycles. The molecule has 148 heavy (non-hydrogen) atoms. The van der Waals surface area contributed by atoms with E-state index in [-0.39, 0.29) is 164 Å². The van der Waals surface area contributed by atoms with Crippen molar-refractivity contribution in [1.82, 2.24) is 70.9 Å². The van der Waals surface area contributed by atoms with Gasteiger partial charge < -0.3 is 104 Å². The lowest BCUT2D eigenvalue weighted by Crippen LogP contribution is -2.47. The number of aromatic nitrogens is 10. The van der Waals surface area contributed by atoms with E-state index in [9.17, 15) is 38.4 Å². The van der Waals surface area contributed by atoms with Gasteiger partial charge in [0, 0.05) is 138 Å².